The van der Waals surface area contributed by atoms with Crippen molar-refractivity contribution in [1.82, 2.24) is 20.2 Å². The minimum absolute atomic E-state index is 0.0496. The van der Waals surface area contributed by atoms with E-state index in [1.54, 1.807) is 22.9 Å². The number of imidazole rings is 1. The van der Waals surface area contributed by atoms with Crippen LogP contribution in [0.25, 0.3) is 5.57 Å². The molecule has 9 heteroatoms. The van der Waals surface area contributed by atoms with Gasteiger partial charge in [0.1, 0.15) is 6.04 Å². The summed E-state index contributed by atoms with van der Waals surface area (Å²) in [4.78, 5) is 39.5. The molecular formula is C22H32N4O5. The molecule has 170 valence electrons. The standard InChI is InChI=1S/C22H32N4O5/c1-3-4-5-6-7-12-23-22(30)25-19(20(27)28)14-26-13-18(24-15-26)16-8-10-17(11-9-16)21(29)31-2/h8-10,13,15,17,19H,3-7,11-12,14H2,1-2H3,(H,27,28)(H2,23,25,30)/t17-,19?/m0/s1. The molecule has 0 bridgehead atoms. The predicted molar refractivity (Wildman–Crippen MR) is 116 cm³/mol. The molecule has 1 aromatic rings. The van der Waals surface area contributed by atoms with Crippen LogP contribution in [0.15, 0.2) is 30.8 Å². The smallest absolute Gasteiger partial charge is 0.328 e. The van der Waals surface area contributed by atoms with Crippen molar-refractivity contribution in [1.29, 1.82) is 0 Å². The number of aliphatic carboxylic acids is 1. The van der Waals surface area contributed by atoms with Gasteiger partial charge in [-0.3, -0.25) is 4.79 Å². The number of hydrogen-bond acceptors (Lipinski definition) is 5. The predicted octanol–water partition coefficient (Wildman–Crippen LogP) is 2.74. The number of amides is 2. The Bertz CT molecular complexity index is 815. The van der Waals surface area contributed by atoms with Gasteiger partial charge in [-0.25, -0.2) is 14.6 Å². The largest absolute Gasteiger partial charge is 0.480 e. The summed E-state index contributed by atoms with van der Waals surface area (Å²) in [6, 6.07) is -1.57. The van der Waals surface area contributed by atoms with E-state index >= 15 is 0 Å². The maximum atomic E-state index is 12.0. The van der Waals surface area contributed by atoms with Gasteiger partial charge in [-0.15, -0.1) is 0 Å². The number of unbranched alkanes of at least 4 members (excludes halogenated alkanes) is 4. The van der Waals surface area contributed by atoms with Crippen molar-refractivity contribution in [2.45, 2.75) is 58.0 Å². The zero-order valence-corrected chi connectivity index (χ0v) is 18.2. The van der Waals surface area contributed by atoms with E-state index in [0.717, 1.165) is 31.3 Å². The summed E-state index contributed by atoms with van der Waals surface area (Å²) in [5.74, 6) is -1.71. The van der Waals surface area contributed by atoms with Crippen LogP contribution in [0.3, 0.4) is 0 Å². The van der Waals surface area contributed by atoms with Crippen molar-refractivity contribution in [2.75, 3.05) is 13.7 Å². The van der Waals surface area contributed by atoms with Crippen LogP contribution in [-0.4, -0.2) is 52.3 Å². The molecule has 0 saturated carbocycles. The first-order valence-corrected chi connectivity index (χ1v) is 10.7. The molecule has 1 heterocycles. The third-order valence-corrected chi connectivity index (χ3v) is 5.10. The van der Waals surface area contributed by atoms with Crippen molar-refractivity contribution in [3.8, 4) is 0 Å². The molecule has 0 saturated heterocycles. The molecule has 1 aliphatic rings. The summed E-state index contributed by atoms with van der Waals surface area (Å²) >= 11 is 0. The van der Waals surface area contributed by atoms with E-state index in [2.05, 4.69) is 22.5 Å². The van der Waals surface area contributed by atoms with Crippen LogP contribution >= 0.6 is 0 Å². The Morgan fingerprint density at radius 2 is 2.06 bits per heavy atom. The highest BCUT2D eigenvalue weighted by molar-refractivity contribution is 5.82. The number of carboxylic acid groups (broad SMARTS) is 1. The van der Waals surface area contributed by atoms with Gasteiger partial charge in [-0.05, 0) is 18.4 Å². The molecule has 1 unspecified atom stereocenters. The van der Waals surface area contributed by atoms with Gasteiger partial charge in [-0.1, -0.05) is 50.8 Å². The molecule has 0 aromatic carbocycles. The fourth-order valence-electron chi connectivity index (χ4n) is 3.28. The third kappa shape index (κ3) is 7.92. The number of carbonyl (C=O) groups excluding carboxylic acids is 2. The molecule has 2 amide bonds. The summed E-state index contributed by atoms with van der Waals surface area (Å²) in [5.41, 5.74) is 1.51. The van der Waals surface area contributed by atoms with Crippen LogP contribution in [0, 0.1) is 5.92 Å². The quantitative estimate of drug-likeness (QED) is 0.345. The minimum Gasteiger partial charge on any atom is -0.480 e. The number of esters is 1. The summed E-state index contributed by atoms with van der Waals surface area (Å²) < 4.78 is 6.37. The SMILES string of the molecule is CCCCCCCNC(=O)NC(Cn1cnc(C2=CC[C@@H](C(=O)OC)C=C2)c1)C(=O)O. The normalized spacial score (nSPS) is 16.3. The van der Waals surface area contributed by atoms with Crippen LogP contribution in [0.5, 0.6) is 0 Å². The van der Waals surface area contributed by atoms with Crippen LogP contribution in [0.2, 0.25) is 0 Å². The van der Waals surface area contributed by atoms with E-state index in [1.807, 2.05) is 6.08 Å². The first kappa shape index (κ1) is 24.2. The van der Waals surface area contributed by atoms with Crippen molar-refractivity contribution in [3.63, 3.8) is 0 Å². The molecule has 2 atom stereocenters. The first-order chi connectivity index (χ1) is 14.9. The van der Waals surface area contributed by atoms with Gasteiger partial charge in [0.2, 0.25) is 0 Å². The van der Waals surface area contributed by atoms with Crippen LogP contribution in [-0.2, 0) is 20.9 Å². The number of allylic oxidation sites excluding steroid dienone is 3. The van der Waals surface area contributed by atoms with Gasteiger partial charge in [0.15, 0.2) is 0 Å². The monoisotopic (exact) mass is 432 g/mol. The maximum absolute atomic E-state index is 12.0. The molecule has 0 fully saturated rings. The minimum atomic E-state index is -1.12. The second-order valence-corrected chi connectivity index (χ2v) is 7.54. The second kappa shape index (κ2) is 12.6. The molecule has 0 aliphatic heterocycles. The van der Waals surface area contributed by atoms with Gasteiger partial charge in [-0.2, -0.15) is 0 Å². The van der Waals surface area contributed by atoms with E-state index in [4.69, 9.17) is 4.74 Å². The Kier molecular flexibility index (Phi) is 9.80. The van der Waals surface area contributed by atoms with Crippen molar-refractivity contribution >= 4 is 23.5 Å². The lowest BCUT2D eigenvalue weighted by atomic mass is 9.96. The van der Waals surface area contributed by atoms with Crippen LogP contribution < -0.4 is 10.6 Å². The van der Waals surface area contributed by atoms with E-state index in [9.17, 15) is 19.5 Å². The summed E-state index contributed by atoms with van der Waals surface area (Å²) in [5, 5.41) is 14.7. The Hall–Kier alpha value is -3.10. The highest BCUT2D eigenvalue weighted by atomic mass is 16.5. The number of ether oxygens (including phenoxy) is 1. The lowest BCUT2D eigenvalue weighted by Crippen LogP contribution is -2.48. The fourth-order valence-corrected chi connectivity index (χ4v) is 3.28. The lowest BCUT2D eigenvalue weighted by molar-refractivity contribution is -0.143. The van der Waals surface area contributed by atoms with E-state index in [0.29, 0.717) is 18.7 Å². The Morgan fingerprint density at radius 3 is 2.71 bits per heavy atom. The topological polar surface area (TPSA) is 123 Å². The highest BCUT2D eigenvalue weighted by Gasteiger charge is 2.22. The molecule has 0 radical (unpaired) electrons. The molecule has 1 aromatic heterocycles. The Labute approximate surface area is 182 Å². The average molecular weight is 433 g/mol. The van der Waals surface area contributed by atoms with E-state index < -0.39 is 18.0 Å². The van der Waals surface area contributed by atoms with Gasteiger partial charge >= 0.3 is 18.0 Å². The zero-order chi connectivity index (χ0) is 22.6. The lowest BCUT2D eigenvalue weighted by Gasteiger charge is -2.16. The van der Waals surface area contributed by atoms with E-state index in [1.165, 1.54) is 19.9 Å². The number of nitrogens with zero attached hydrogens (tertiary/aromatic N) is 2. The number of hydrogen-bond donors (Lipinski definition) is 3. The maximum Gasteiger partial charge on any atom is 0.328 e. The molecule has 31 heavy (non-hydrogen) atoms. The number of methoxy groups -OCH3 is 1. The average Bonchev–Trinajstić information content (AvgIpc) is 3.23. The Balaban J connectivity index is 1.85. The number of nitrogens with one attached hydrogen (secondary N) is 2. The molecule has 1 aliphatic carbocycles. The summed E-state index contributed by atoms with van der Waals surface area (Å²) in [7, 11) is 1.36. The molecule has 2 rings (SSSR count). The molecular weight excluding hydrogens is 400 g/mol. The Morgan fingerprint density at radius 1 is 1.29 bits per heavy atom. The van der Waals surface area contributed by atoms with Crippen molar-refractivity contribution in [3.05, 3.63) is 36.4 Å². The summed E-state index contributed by atoms with van der Waals surface area (Å²) in [6.07, 6.45) is 14.6. The summed E-state index contributed by atoms with van der Waals surface area (Å²) in [6.45, 7) is 2.71. The highest BCUT2D eigenvalue weighted by Crippen LogP contribution is 2.23. The van der Waals surface area contributed by atoms with Gasteiger partial charge in [0.25, 0.3) is 0 Å². The molecule has 0 spiro atoms. The molecule has 9 nitrogen and oxygen atoms in total. The van der Waals surface area contributed by atoms with Crippen LogP contribution in [0.1, 0.15) is 51.1 Å². The third-order valence-electron chi connectivity index (χ3n) is 5.10. The number of urea groups is 1. The number of carbonyl (C=O) groups is 3. The molecule has 3 N–H and O–H groups in total. The number of aromatic nitrogens is 2. The number of rotatable bonds is 12. The van der Waals surface area contributed by atoms with Gasteiger partial charge in [0.05, 0.1) is 31.6 Å². The van der Waals surface area contributed by atoms with Crippen molar-refractivity contribution in [2.24, 2.45) is 5.92 Å². The zero-order valence-electron chi connectivity index (χ0n) is 18.2. The van der Waals surface area contributed by atoms with Gasteiger partial charge < -0.3 is 25.0 Å². The fraction of sp³-hybridized carbons (Fsp3) is 0.545. The van der Waals surface area contributed by atoms with Gasteiger partial charge in [0, 0.05) is 12.7 Å². The van der Waals surface area contributed by atoms with E-state index in [-0.39, 0.29) is 18.4 Å². The van der Waals surface area contributed by atoms with Crippen LogP contribution in [0.4, 0.5) is 4.79 Å². The van der Waals surface area contributed by atoms with Crippen molar-refractivity contribution < 1.29 is 24.2 Å². The first-order valence-electron chi connectivity index (χ1n) is 10.7. The second-order valence-electron chi connectivity index (χ2n) is 7.54. The number of carboxylic acids is 1.